The standard InChI is InChI=1S/C10H13BF3O4P/c1-3-19(2,17)7-4-5-8(11(15)16)9(6-7)18-10(12,13)14/h4-6,15-16H,3H2,1-2H3. The number of ether oxygens (including phenoxy) is 1. The van der Waals surface area contributed by atoms with E-state index >= 15 is 0 Å². The van der Waals surface area contributed by atoms with Gasteiger partial charge in [-0.15, -0.1) is 13.2 Å². The summed E-state index contributed by atoms with van der Waals surface area (Å²) in [4.78, 5) is 0. The third-order valence-corrected chi connectivity index (χ3v) is 5.23. The first kappa shape index (κ1) is 16.1. The van der Waals surface area contributed by atoms with Crippen molar-refractivity contribution in [2.24, 2.45) is 0 Å². The van der Waals surface area contributed by atoms with Gasteiger partial charge in [-0.05, 0) is 12.7 Å². The second-order valence-corrected chi connectivity index (χ2v) is 7.41. The zero-order valence-electron chi connectivity index (χ0n) is 10.3. The fourth-order valence-corrected chi connectivity index (χ4v) is 2.57. The van der Waals surface area contributed by atoms with E-state index in [4.69, 9.17) is 10.0 Å². The Morgan fingerprint density at radius 2 is 1.95 bits per heavy atom. The smallest absolute Gasteiger partial charge is 0.423 e. The summed E-state index contributed by atoms with van der Waals surface area (Å²) in [6.07, 6.45) is -4.69. The molecule has 106 valence electrons. The average Bonchev–Trinajstić information content (AvgIpc) is 2.26. The first-order valence-corrected chi connectivity index (χ1v) is 7.73. The molecule has 0 aliphatic heterocycles. The van der Waals surface area contributed by atoms with Gasteiger partial charge in [-0.25, -0.2) is 0 Å². The van der Waals surface area contributed by atoms with E-state index in [1.807, 2.05) is 0 Å². The Morgan fingerprint density at radius 3 is 2.37 bits per heavy atom. The molecule has 19 heavy (non-hydrogen) atoms. The van der Waals surface area contributed by atoms with Gasteiger partial charge < -0.3 is 19.3 Å². The van der Waals surface area contributed by atoms with Crippen LogP contribution in [-0.2, 0) is 4.57 Å². The number of rotatable bonds is 4. The molecule has 0 radical (unpaired) electrons. The van der Waals surface area contributed by atoms with E-state index < -0.39 is 31.8 Å². The molecule has 1 rings (SSSR count). The first-order valence-electron chi connectivity index (χ1n) is 5.40. The van der Waals surface area contributed by atoms with E-state index in [-0.39, 0.29) is 11.5 Å². The van der Waals surface area contributed by atoms with E-state index in [9.17, 15) is 17.7 Å². The molecular weight excluding hydrogens is 283 g/mol. The Balaban J connectivity index is 3.30. The summed E-state index contributed by atoms with van der Waals surface area (Å²) in [5, 5.41) is 18.2. The monoisotopic (exact) mass is 296 g/mol. The zero-order chi connectivity index (χ0) is 14.8. The number of hydrogen-bond donors (Lipinski definition) is 2. The molecule has 0 spiro atoms. The second-order valence-electron chi connectivity index (χ2n) is 4.06. The molecule has 4 nitrogen and oxygen atoms in total. The summed E-state index contributed by atoms with van der Waals surface area (Å²) in [5.41, 5.74) is -0.433. The summed E-state index contributed by atoms with van der Waals surface area (Å²) >= 11 is 0. The van der Waals surface area contributed by atoms with Gasteiger partial charge in [0.2, 0.25) is 0 Å². The highest BCUT2D eigenvalue weighted by molar-refractivity contribution is 7.70. The van der Waals surface area contributed by atoms with Crippen molar-refractivity contribution in [1.82, 2.24) is 0 Å². The van der Waals surface area contributed by atoms with E-state index in [0.717, 1.165) is 12.1 Å². The lowest BCUT2D eigenvalue weighted by Gasteiger charge is -2.17. The summed E-state index contributed by atoms with van der Waals surface area (Å²) in [6.45, 7) is 3.09. The van der Waals surface area contributed by atoms with E-state index in [2.05, 4.69) is 4.74 Å². The quantitative estimate of drug-likeness (QED) is 0.640. The third kappa shape index (κ3) is 4.26. The van der Waals surface area contributed by atoms with Gasteiger partial charge in [0, 0.05) is 16.9 Å². The third-order valence-electron chi connectivity index (χ3n) is 2.65. The van der Waals surface area contributed by atoms with E-state index in [0.29, 0.717) is 0 Å². The van der Waals surface area contributed by atoms with Crippen LogP contribution in [0.1, 0.15) is 6.92 Å². The van der Waals surface area contributed by atoms with Crippen LogP contribution in [0.3, 0.4) is 0 Å². The Hall–Kier alpha value is -0.975. The van der Waals surface area contributed by atoms with Crippen molar-refractivity contribution in [2.45, 2.75) is 13.3 Å². The van der Waals surface area contributed by atoms with E-state index in [1.54, 1.807) is 6.92 Å². The van der Waals surface area contributed by atoms with Crippen molar-refractivity contribution in [2.75, 3.05) is 12.8 Å². The molecule has 2 N–H and O–H groups in total. The van der Waals surface area contributed by atoms with Gasteiger partial charge in [-0.1, -0.05) is 19.1 Å². The van der Waals surface area contributed by atoms with Gasteiger partial charge >= 0.3 is 13.5 Å². The van der Waals surface area contributed by atoms with Crippen molar-refractivity contribution in [1.29, 1.82) is 0 Å². The molecule has 0 aliphatic carbocycles. The molecule has 1 unspecified atom stereocenters. The van der Waals surface area contributed by atoms with Crippen molar-refractivity contribution < 1.29 is 32.5 Å². The lowest BCUT2D eigenvalue weighted by atomic mass is 9.79. The molecule has 0 bridgehead atoms. The van der Waals surface area contributed by atoms with Crippen LogP contribution in [0.5, 0.6) is 5.75 Å². The maximum absolute atomic E-state index is 12.2. The molecule has 1 aromatic rings. The highest BCUT2D eigenvalue weighted by Crippen LogP contribution is 2.39. The van der Waals surface area contributed by atoms with Crippen molar-refractivity contribution >= 4 is 25.0 Å². The normalized spacial score (nSPS) is 14.9. The molecule has 1 aromatic carbocycles. The average molecular weight is 296 g/mol. The number of halogens is 3. The maximum atomic E-state index is 12.2. The molecule has 0 heterocycles. The molecule has 0 aromatic heterocycles. The van der Waals surface area contributed by atoms with Gasteiger partial charge in [0.1, 0.15) is 12.9 Å². The SMILES string of the molecule is CCP(C)(=O)c1ccc(B(O)O)c(OC(F)(F)F)c1. The second kappa shape index (κ2) is 5.57. The van der Waals surface area contributed by atoms with Crippen LogP contribution in [0.4, 0.5) is 13.2 Å². The lowest BCUT2D eigenvalue weighted by molar-refractivity contribution is -0.274. The largest absolute Gasteiger partial charge is 0.573 e. The molecule has 9 heteroatoms. The van der Waals surface area contributed by atoms with Crippen molar-refractivity contribution in [3.8, 4) is 5.75 Å². The lowest BCUT2D eigenvalue weighted by Crippen LogP contribution is -2.34. The summed E-state index contributed by atoms with van der Waals surface area (Å²) in [5.74, 6) is -0.754. The Kier molecular flexibility index (Phi) is 4.71. The highest BCUT2D eigenvalue weighted by atomic mass is 31.2. The van der Waals surface area contributed by atoms with Crippen LogP contribution in [0.2, 0.25) is 0 Å². The Bertz CT molecular complexity index is 504. The van der Waals surface area contributed by atoms with Crippen LogP contribution >= 0.6 is 7.14 Å². The van der Waals surface area contributed by atoms with Crippen molar-refractivity contribution in [3.63, 3.8) is 0 Å². The number of benzene rings is 1. The van der Waals surface area contributed by atoms with Crippen LogP contribution in [0.25, 0.3) is 0 Å². The molecule has 0 aliphatic rings. The fourth-order valence-electron chi connectivity index (χ4n) is 1.43. The minimum atomic E-state index is -4.97. The molecule has 0 fully saturated rings. The highest BCUT2D eigenvalue weighted by Gasteiger charge is 2.34. The van der Waals surface area contributed by atoms with E-state index in [1.165, 1.54) is 12.7 Å². The summed E-state index contributed by atoms with van der Waals surface area (Å²) in [7, 11) is -4.89. The molecular formula is C10H13BF3O4P. The summed E-state index contributed by atoms with van der Waals surface area (Å²) in [6, 6.07) is 3.31. The van der Waals surface area contributed by atoms with Crippen LogP contribution in [-0.4, -0.2) is 36.4 Å². The number of hydrogen-bond acceptors (Lipinski definition) is 4. The Labute approximate surface area is 108 Å². The maximum Gasteiger partial charge on any atom is 0.573 e. The number of alkyl halides is 3. The Morgan fingerprint density at radius 1 is 1.37 bits per heavy atom. The van der Waals surface area contributed by atoms with Gasteiger partial charge in [0.25, 0.3) is 0 Å². The van der Waals surface area contributed by atoms with Gasteiger partial charge in [-0.3, -0.25) is 0 Å². The topological polar surface area (TPSA) is 66.8 Å². The molecule has 0 amide bonds. The van der Waals surface area contributed by atoms with Crippen LogP contribution in [0.15, 0.2) is 18.2 Å². The molecule has 1 atom stereocenters. The predicted molar refractivity (Wildman–Crippen MR) is 66.7 cm³/mol. The first-order chi connectivity index (χ1) is 8.57. The van der Waals surface area contributed by atoms with Gasteiger partial charge in [0.15, 0.2) is 0 Å². The van der Waals surface area contributed by atoms with Gasteiger partial charge in [-0.2, -0.15) is 0 Å². The van der Waals surface area contributed by atoms with Crippen LogP contribution < -0.4 is 15.5 Å². The minimum absolute atomic E-state index is 0.193. The summed E-state index contributed by atoms with van der Waals surface area (Å²) < 4.78 is 52.6. The minimum Gasteiger partial charge on any atom is -0.423 e. The van der Waals surface area contributed by atoms with Gasteiger partial charge in [0.05, 0.1) is 0 Å². The fraction of sp³-hybridized carbons (Fsp3) is 0.400. The predicted octanol–water partition coefficient (Wildman–Crippen LogP) is 0.903. The molecule has 0 saturated carbocycles. The van der Waals surface area contributed by atoms with Crippen molar-refractivity contribution in [3.05, 3.63) is 18.2 Å². The molecule has 0 saturated heterocycles. The zero-order valence-corrected chi connectivity index (χ0v) is 11.2. The van der Waals surface area contributed by atoms with Crippen LogP contribution in [0, 0.1) is 0 Å².